The molecule has 2 aliphatic rings. The Morgan fingerprint density at radius 3 is 2.57 bits per heavy atom. The van der Waals surface area contributed by atoms with E-state index in [1.807, 2.05) is 4.90 Å². The molecular formula is C15H19Cl2N3O. The molecule has 2 saturated heterocycles. The maximum atomic E-state index is 12.6. The Bertz CT molecular complexity index is 541. The molecule has 1 aromatic carbocycles. The lowest BCUT2D eigenvalue weighted by Gasteiger charge is -2.44. The van der Waals surface area contributed by atoms with Crippen molar-refractivity contribution in [3.05, 3.63) is 27.7 Å². The third-order valence-electron chi connectivity index (χ3n) is 4.45. The number of carbonyl (C=O) groups is 1. The number of rotatable bonds is 1. The van der Waals surface area contributed by atoms with Crippen LogP contribution in [0.15, 0.2) is 12.1 Å². The molecule has 1 unspecified atom stereocenters. The van der Waals surface area contributed by atoms with Crippen molar-refractivity contribution in [2.45, 2.75) is 25.3 Å². The van der Waals surface area contributed by atoms with Gasteiger partial charge in [-0.05, 0) is 31.5 Å². The van der Waals surface area contributed by atoms with Crippen LogP contribution in [0.4, 0.5) is 5.69 Å². The molecule has 6 heteroatoms. The second kappa shape index (κ2) is 6.03. The molecule has 1 aromatic rings. The summed E-state index contributed by atoms with van der Waals surface area (Å²) in [5, 5.41) is 0.671. The van der Waals surface area contributed by atoms with E-state index in [-0.39, 0.29) is 5.91 Å². The van der Waals surface area contributed by atoms with Crippen molar-refractivity contribution in [2.75, 3.05) is 31.9 Å². The van der Waals surface area contributed by atoms with Gasteiger partial charge in [-0.15, -0.1) is 0 Å². The second-order valence-electron chi connectivity index (χ2n) is 5.79. The average Bonchev–Trinajstić information content (AvgIpc) is 2.51. The topological polar surface area (TPSA) is 49.6 Å². The molecule has 0 spiro atoms. The molecule has 2 fully saturated rings. The van der Waals surface area contributed by atoms with Gasteiger partial charge in [0.2, 0.25) is 0 Å². The quantitative estimate of drug-likeness (QED) is 0.807. The van der Waals surface area contributed by atoms with Gasteiger partial charge in [-0.1, -0.05) is 29.6 Å². The van der Waals surface area contributed by atoms with Crippen LogP contribution in [-0.2, 0) is 0 Å². The van der Waals surface area contributed by atoms with E-state index in [2.05, 4.69) is 4.90 Å². The van der Waals surface area contributed by atoms with Crippen molar-refractivity contribution in [1.82, 2.24) is 9.80 Å². The highest BCUT2D eigenvalue weighted by Crippen LogP contribution is 2.30. The van der Waals surface area contributed by atoms with E-state index in [9.17, 15) is 4.79 Å². The fourth-order valence-corrected chi connectivity index (χ4v) is 3.72. The summed E-state index contributed by atoms with van der Waals surface area (Å²) in [5.41, 5.74) is 6.56. The van der Waals surface area contributed by atoms with Crippen LogP contribution in [-0.4, -0.2) is 47.9 Å². The number of hydrogen-bond donors (Lipinski definition) is 1. The molecule has 2 aliphatic heterocycles. The number of fused-ring (bicyclic) bond motifs is 1. The number of piperidine rings is 1. The number of carbonyl (C=O) groups excluding carboxylic acids is 1. The number of anilines is 1. The number of piperazine rings is 1. The van der Waals surface area contributed by atoms with Crippen LogP contribution in [0.2, 0.25) is 10.0 Å². The molecule has 21 heavy (non-hydrogen) atoms. The second-order valence-corrected chi connectivity index (χ2v) is 6.60. The van der Waals surface area contributed by atoms with Gasteiger partial charge < -0.3 is 10.6 Å². The first-order valence-electron chi connectivity index (χ1n) is 7.34. The Hall–Kier alpha value is -0.970. The van der Waals surface area contributed by atoms with Crippen molar-refractivity contribution in [3.8, 4) is 0 Å². The normalized spacial score (nSPS) is 23.0. The number of nitrogens with two attached hydrogens (primary N) is 1. The summed E-state index contributed by atoms with van der Waals surface area (Å²) in [4.78, 5) is 17.0. The van der Waals surface area contributed by atoms with E-state index in [1.54, 1.807) is 12.1 Å². The van der Waals surface area contributed by atoms with Crippen LogP contribution in [0.5, 0.6) is 0 Å². The van der Waals surface area contributed by atoms with Crippen molar-refractivity contribution in [3.63, 3.8) is 0 Å². The van der Waals surface area contributed by atoms with Crippen LogP contribution in [0, 0.1) is 0 Å². The SMILES string of the molecule is Nc1c(Cl)cc(C(=O)N2CCN3CCCCC3C2)cc1Cl. The van der Waals surface area contributed by atoms with E-state index < -0.39 is 0 Å². The average molecular weight is 328 g/mol. The minimum atomic E-state index is -0.0102. The lowest BCUT2D eigenvalue weighted by Crippen LogP contribution is -2.56. The standard InChI is InChI=1S/C15H19Cl2N3O/c16-12-7-10(8-13(17)14(12)18)15(21)20-6-5-19-4-2-1-3-11(19)9-20/h7-8,11H,1-6,9,18H2. The monoisotopic (exact) mass is 327 g/mol. The van der Waals surface area contributed by atoms with Gasteiger partial charge in [-0.25, -0.2) is 0 Å². The number of amides is 1. The van der Waals surface area contributed by atoms with Crippen LogP contribution < -0.4 is 5.73 Å². The van der Waals surface area contributed by atoms with Crippen molar-refractivity contribution < 1.29 is 4.79 Å². The third-order valence-corrected chi connectivity index (χ3v) is 5.08. The van der Waals surface area contributed by atoms with Crippen LogP contribution in [0.1, 0.15) is 29.6 Å². The number of benzene rings is 1. The lowest BCUT2D eigenvalue weighted by molar-refractivity contribution is 0.0372. The Morgan fingerprint density at radius 1 is 1.14 bits per heavy atom. The maximum Gasteiger partial charge on any atom is 0.254 e. The minimum absolute atomic E-state index is 0.0102. The number of nitrogens with zero attached hydrogens (tertiary/aromatic N) is 2. The van der Waals surface area contributed by atoms with E-state index >= 15 is 0 Å². The summed E-state index contributed by atoms with van der Waals surface area (Å²) in [7, 11) is 0. The number of hydrogen-bond acceptors (Lipinski definition) is 3. The first-order chi connectivity index (χ1) is 10.1. The summed E-state index contributed by atoms with van der Waals surface area (Å²) in [5.74, 6) is -0.0102. The number of halogens is 2. The molecule has 0 radical (unpaired) electrons. The summed E-state index contributed by atoms with van der Waals surface area (Å²) >= 11 is 12.0. The van der Waals surface area contributed by atoms with Gasteiger partial charge in [0, 0.05) is 31.2 Å². The van der Waals surface area contributed by atoms with Crippen molar-refractivity contribution in [2.24, 2.45) is 0 Å². The fraction of sp³-hybridized carbons (Fsp3) is 0.533. The maximum absolute atomic E-state index is 12.6. The highest BCUT2D eigenvalue weighted by atomic mass is 35.5. The summed E-state index contributed by atoms with van der Waals surface area (Å²) in [6, 6.07) is 3.72. The zero-order valence-electron chi connectivity index (χ0n) is 11.8. The van der Waals surface area contributed by atoms with Crippen LogP contribution in [0.25, 0.3) is 0 Å². The van der Waals surface area contributed by atoms with Gasteiger partial charge in [-0.3, -0.25) is 9.69 Å². The van der Waals surface area contributed by atoms with Crippen LogP contribution >= 0.6 is 23.2 Å². The Labute approximate surface area is 134 Å². The zero-order valence-corrected chi connectivity index (χ0v) is 13.3. The first-order valence-corrected chi connectivity index (χ1v) is 8.09. The molecule has 0 bridgehead atoms. The molecule has 1 amide bonds. The highest BCUT2D eigenvalue weighted by molar-refractivity contribution is 6.39. The fourth-order valence-electron chi connectivity index (χ4n) is 3.23. The zero-order chi connectivity index (χ0) is 15.0. The summed E-state index contributed by atoms with van der Waals surface area (Å²) < 4.78 is 0. The van der Waals surface area contributed by atoms with Gasteiger partial charge in [0.1, 0.15) is 0 Å². The molecule has 0 aliphatic carbocycles. The van der Waals surface area contributed by atoms with E-state index in [0.29, 0.717) is 27.3 Å². The molecule has 2 N–H and O–H groups in total. The molecular weight excluding hydrogens is 309 g/mol. The van der Waals surface area contributed by atoms with Crippen molar-refractivity contribution in [1.29, 1.82) is 0 Å². The van der Waals surface area contributed by atoms with E-state index in [0.717, 1.165) is 26.2 Å². The van der Waals surface area contributed by atoms with Gasteiger partial charge in [0.15, 0.2) is 0 Å². The molecule has 0 saturated carbocycles. The molecule has 0 aromatic heterocycles. The van der Waals surface area contributed by atoms with Gasteiger partial charge in [-0.2, -0.15) is 0 Å². The Morgan fingerprint density at radius 2 is 1.86 bits per heavy atom. The molecule has 1 atom stereocenters. The molecule has 4 nitrogen and oxygen atoms in total. The Balaban J connectivity index is 1.76. The largest absolute Gasteiger partial charge is 0.396 e. The highest BCUT2D eigenvalue weighted by Gasteiger charge is 2.31. The third kappa shape index (κ3) is 2.98. The first kappa shape index (κ1) is 14.9. The summed E-state index contributed by atoms with van der Waals surface area (Å²) in [6.45, 7) is 3.66. The van der Waals surface area contributed by atoms with E-state index in [4.69, 9.17) is 28.9 Å². The molecule has 114 valence electrons. The number of nitrogen functional groups attached to an aromatic ring is 1. The lowest BCUT2D eigenvalue weighted by atomic mass is 9.99. The van der Waals surface area contributed by atoms with Crippen molar-refractivity contribution >= 4 is 34.8 Å². The van der Waals surface area contributed by atoms with Gasteiger partial charge >= 0.3 is 0 Å². The summed E-state index contributed by atoms with van der Waals surface area (Å²) in [6.07, 6.45) is 3.70. The van der Waals surface area contributed by atoms with Gasteiger partial charge in [0.25, 0.3) is 5.91 Å². The molecule has 3 rings (SSSR count). The smallest absolute Gasteiger partial charge is 0.254 e. The minimum Gasteiger partial charge on any atom is -0.396 e. The van der Waals surface area contributed by atoms with Gasteiger partial charge in [0.05, 0.1) is 15.7 Å². The predicted molar refractivity (Wildman–Crippen MR) is 86.0 cm³/mol. The Kier molecular flexibility index (Phi) is 4.29. The van der Waals surface area contributed by atoms with Crippen LogP contribution in [0.3, 0.4) is 0 Å². The predicted octanol–water partition coefficient (Wildman–Crippen LogP) is 2.89. The molecule has 2 heterocycles. The van der Waals surface area contributed by atoms with E-state index in [1.165, 1.54) is 19.3 Å².